The Hall–Kier alpha value is -1.67. The second-order valence-corrected chi connectivity index (χ2v) is 6.89. The third-order valence-electron chi connectivity index (χ3n) is 2.67. The monoisotopic (exact) mass is 340 g/mol. The lowest BCUT2D eigenvalue weighted by molar-refractivity contribution is -0.115. The maximum Gasteiger partial charge on any atom is 0.238 e. The number of halogens is 1. The number of carbonyl (C=O) groups excluding carboxylic acids is 1. The molecule has 0 fully saturated rings. The van der Waals surface area contributed by atoms with E-state index < -0.39 is 0 Å². The Kier molecular flexibility index (Phi) is 5.73. The van der Waals surface area contributed by atoms with Crippen molar-refractivity contribution in [3.63, 3.8) is 0 Å². The number of nitrogens with zero attached hydrogens (tertiary/aromatic N) is 5. The van der Waals surface area contributed by atoms with Crippen LogP contribution in [-0.2, 0) is 11.3 Å². The summed E-state index contributed by atoms with van der Waals surface area (Å²) in [6, 6.07) is 3.33. The van der Waals surface area contributed by atoms with Crippen molar-refractivity contribution in [2.75, 3.05) is 5.32 Å². The van der Waals surface area contributed by atoms with Gasteiger partial charge in [-0.15, -0.1) is 5.10 Å². The van der Waals surface area contributed by atoms with Gasteiger partial charge in [-0.25, -0.2) is 9.67 Å². The predicted octanol–water partition coefficient (Wildman–Crippen LogP) is 2.50. The Morgan fingerprint density at radius 3 is 2.82 bits per heavy atom. The van der Waals surface area contributed by atoms with Crippen molar-refractivity contribution < 1.29 is 4.79 Å². The number of rotatable bonds is 6. The van der Waals surface area contributed by atoms with Gasteiger partial charge in [0.05, 0.1) is 10.3 Å². The average molecular weight is 341 g/mol. The number of thioether (sulfide) groups is 1. The first-order chi connectivity index (χ1) is 10.5. The Morgan fingerprint density at radius 1 is 1.41 bits per heavy atom. The van der Waals surface area contributed by atoms with Crippen LogP contribution in [0.4, 0.5) is 5.82 Å². The van der Waals surface area contributed by atoms with Crippen LogP contribution in [0.2, 0.25) is 5.02 Å². The molecule has 0 aliphatic rings. The van der Waals surface area contributed by atoms with Gasteiger partial charge < -0.3 is 5.32 Å². The van der Waals surface area contributed by atoms with Gasteiger partial charge in [-0.1, -0.05) is 37.2 Å². The summed E-state index contributed by atoms with van der Waals surface area (Å²) in [5.41, 5.74) is 0. The lowest BCUT2D eigenvalue weighted by Gasteiger charge is -2.12. The lowest BCUT2D eigenvalue weighted by atomic mass is 10.2. The van der Waals surface area contributed by atoms with Crippen molar-refractivity contribution >= 4 is 35.1 Å². The number of amides is 1. The normalized spacial score (nSPS) is 12.4. The number of nitrogens with one attached hydrogen (secondary N) is 1. The van der Waals surface area contributed by atoms with Gasteiger partial charge >= 0.3 is 0 Å². The molecule has 0 saturated heterocycles. The van der Waals surface area contributed by atoms with Gasteiger partial charge in [-0.05, 0) is 35.4 Å². The summed E-state index contributed by atoms with van der Waals surface area (Å²) in [6.45, 7) is 6.67. The number of tetrazole rings is 1. The Labute approximate surface area is 137 Å². The fourth-order valence-corrected chi connectivity index (χ4v) is 2.54. The largest absolute Gasteiger partial charge is 0.310 e. The molecule has 22 heavy (non-hydrogen) atoms. The minimum absolute atomic E-state index is 0.168. The van der Waals surface area contributed by atoms with Crippen LogP contribution in [0.1, 0.15) is 20.8 Å². The van der Waals surface area contributed by atoms with Gasteiger partial charge in [0.1, 0.15) is 5.82 Å². The summed E-state index contributed by atoms with van der Waals surface area (Å²) in [4.78, 5) is 16.2. The second kappa shape index (κ2) is 7.55. The molecule has 2 rings (SSSR count). The fourth-order valence-electron chi connectivity index (χ4n) is 1.63. The fraction of sp³-hybridized carbons (Fsp3) is 0.462. The number of hydrogen-bond acceptors (Lipinski definition) is 6. The molecule has 2 aromatic heterocycles. The summed E-state index contributed by atoms with van der Waals surface area (Å²) in [5, 5.41) is 15.1. The van der Waals surface area contributed by atoms with E-state index in [2.05, 4.69) is 39.7 Å². The standard InChI is InChI=1S/C13H17ClN6OS/c1-8(2)7-20-13(17-18-19-20)22-9(3)12(21)16-11-5-4-10(14)6-15-11/h4-6,8-9H,7H2,1-3H3,(H,15,16,21). The highest BCUT2D eigenvalue weighted by Crippen LogP contribution is 2.22. The number of pyridine rings is 1. The Balaban J connectivity index is 1.96. The van der Waals surface area contributed by atoms with Gasteiger partial charge in [0.2, 0.25) is 11.1 Å². The molecule has 7 nitrogen and oxygen atoms in total. The minimum atomic E-state index is -0.352. The number of hydrogen-bond donors (Lipinski definition) is 1. The van der Waals surface area contributed by atoms with E-state index in [1.165, 1.54) is 18.0 Å². The molecule has 0 radical (unpaired) electrons. The first-order valence-corrected chi connectivity index (χ1v) is 8.06. The van der Waals surface area contributed by atoms with E-state index >= 15 is 0 Å². The Bertz CT molecular complexity index is 630. The highest BCUT2D eigenvalue weighted by Gasteiger charge is 2.19. The van der Waals surface area contributed by atoms with E-state index in [4.69, 9.17) is 11.6 Å². The summed E-state index contributed by atoms with van der Waals surface area (Å²) < 4.78 is 1.71. The van der Waals surface area contributed by atoms with Crippen molar-refractivity contribution in [1.82, 2.24) is 25.2 Å². The molecule has 0 aliphatic carbocycles. The smallest absolute Gasteiger partial charge is 0.238 e. The van der Waals surface area contributed by atoms with Crippen molar-refractivity contribution in [2.45, 2.75) is 37.7 Å². The molecule has 1 atom stereocenters. The zero-order valence-corrected chi connectivity index (χ0v) is 14.1. The highest BCUT2D eigenvalue weighted by molar-refractivity contribution is 8.00. The van der Waals surface area contributed by atoms with E-state index in [1.807, 2.05) is 0 Å². The van der Waals surface area contributed by atoms with Gasteiger partial charge in [-0.2, -0.15) is 0 Å². The molecule has 118 valence electrons. The van der Waals surface area contributed by atoms with Crippen LogP contribution >= 0.6 is 23.4 Å². The first-order valence-electron chi connectivity index (χ1n) is 6.81. The van der Waals surface area contributed by atoms with Crippen LogP contribution in [0, 0.1) is 5.92 Å². The summed E-state index contributed by atoms with van der Waals surface area (Å²) >= 11 is 7.07. The molecule has 0 aromatic carbocycles. The van der Waals surface area contributed by atoms with Crippen LogP contribution in [-0.4, -0.2) is 36.3 Å². The molecule has 2 aromatic rings. The lowest BCUT2D eigenvalue weighted by Crippen LogP contribution is -2.23. The molecule has 0 spiro atoms. The number of carbonyl (C=O) groups is 1. The molecular formula is C13H17ClN6OS. The van der Waals surface area contributed by atoms with Crippen LogP contribution < -0.4 is 5.32 Å². The Morgan fingerprint density at radius 2 is 2.18 bits per heavy atom. The van der Waals surface area contributed by atoms with Gasteiger partial charge in [0, 0.05) is 12.7 Å². The van der Waals surface area contributed by atoms with Gasteiger partial charge in [0.25, 0.3) is 0 Å². The number of aromatic nitrogens is 5. The first kappa shape index (κ1) is 16.7. The minimum Gasteiger partial charge on any atom is -0.310 e. The van der Waals surface area contributed by atoms with E-state index in [0.29, 0.717) is 28.5 Å². The van der Waals surface area contributed by atoms with Crippen LogP contribution in [0.5, 0.6) is 0 Å². The molecule has 2 heterocycles. The van der Waals surface area contributed by atoms with Crippen molar-refractivity contribution in [2.24, 2.45) is 5.92 Å². The summed E-state index contributed by atoms with van der Waals surface area (Å²) in [7, 11) is 0. The van der Waals surface area contributed by atoms with Crippen LogP contribution in [0.25, 0.3) is 0 Å². The predicted molar refractivity (Wildman–Crippen MR) is 85.9 cm³/mol. The van der Waals surface area contributed by atoms with Crippen molar-refractivity contribution in [3.8, 4) is 0 Å². The van der Waals surface area contributed by atoms with E-state index in [0.717, 1.165) is 0 Å². The molecule has 1 unspecified atom stereocenters. The van der Waals surface area contributed by atoms with Gasteiger partial charge in [0.15, 0.2) is 0 Å². The molecule has 0 aliphatic heterocycles. The van der Waals surface area contributed by atoms with E-state index in [1.54, 1.807) is 23.7 Å². The molecule has 0 bridgehead atoms. The second-order valence-electron chi connectivity index (χ2n) is 5.15. The highest BCUT2D eigenvalue weighted by atomic mass is 35.5. The van der Waals surface area contributed by atoms with E-state index in [9.17, 15) is 4.79 Å². The summed E-state index contributed by atoms with van der Waals surface area (Å²) in [6.07, 6.45) is 1.48. The molecule has 1 N–H and O–H groups in total. The average Bonchev–Trinajstić information content (AvgIpc) is 2.87. The summed E-state index contributed by atoms with van der Waals surface area (Å²) in [5.74, 6) is 0.716. The maximum atomic E-state index is 12.2. The third kappa shape index (κ3) is 4.67. The van der Waals surface area contributed by atoms with Crippen molar-refractivity contribution in [1.29, 1.82) is 0 Å². The quantitative estimate of drug-likeness (QED) is 0.813. The van der Waals surface area contributed by atoms with E-state index in [-0.39, 0.29) is 11.2 Å². The zero-order valence-electron chi connectivity index (χ0n) is 12.5. The SMILES string of the molecule is CC(C)Cn1nnnc1SC(C)C(=O)Nc1ccc(Cl)cn1. The van der Waals surface area contributed by atoms with Gasteiger partial charge in [-0.3, -0.25) is 4.79 Å². The molecule has 0 saturated carbocycles. The molecule has 1 amide bonds. The van der Waals surface area contributed by atoms with Crippen LogP contribution in [0.15, 0.2) is 23.5 Å². The van der Waals surface area contributed by atoms with Crippen molar-refractivity contribution in [3.05, 3.63) is 23.4 Å². The zero-order chi connectivity index (χ0) is 16.1. The molecular weight excluding hydrogens is 324 g/mol. The number of anilines is 1. The third-order valence-corrected chi connectivity index (χ3v) is 3.96. The topological polar surface area (TPSA) is 85.6 Å². The van der Waals surface area contributed by atoms with Crippen LogP contribution in [0.3, 0.4) is 0 Å². The maximum absolute atomic E-state index is 12.2. The molecule has 9 heteroatoms.